The van der Waals surface area contributed by atoms with Crippen LogP contribution in [0.5, 0.6) is 11.5 Å². The van der Waals surface area contributed by atoms with E-state index in [1.54, 1.807) is 73.8 Å². The summed E-state index contributed by atoms with van der Waals surface area (Å²) in [7, 11) is 2.84. The summed E-state index contributed by atoms with van der Waals surface area (Å²) in [6, 6.07) is 19.0. The van der Waals surface area contributed by atoms with Crippen molar-refractivity contribution < 1.29 is 28.2 Å². The first-order valence-electron chi connectivity index (χ1n) is 10.5. The molecule has 0 saturated carbocycles. The summed E-state index contributed by atoms with van der Waals surface area (Å²) in [5.41, 5.74) is 2.33. The Balaban J connectivity index is 1.63. The monoisotopic (exact) mass is 462 g/mol. The number of hydrogen-bond donors (Lipinski definition) is 2. The normalized spacial score (nSPS) is 15.3. The van der Waals surface area contributed by atoms with E-state index in [9.17, 15) is 14.0 Å². The quantitative estimate of drug-likeness (QED) is 0.510. The van der Waals surface area contributed by atoms with Gasteiger partial charge in [-0.05, 0) is 53.6 Å². The molecule has 2 N–H and O–H groups in total. The van der Waals surface area contributed by atoms with Gasteiger partial charge >= 0.3 is 12.0 Å². The maximum atomic E-state index is 13.8. The van der Waals surface area contributed by atoms with Gasteiger partial charge in [-0.15, -0.1) is 0 Å². The van der Waals surface area contributed by atoms with E-state index in [0.29, 0.717) is 33.9 Å². The molecule has 0 aromatic heterocycles. The smallest absolute Gasteiger partial charge is 0.338 e. The summed E-state index contributed by atoms with van der Waals surface area (Å²) in [6.45, 7) is 0.0744. The van der Waals surface area contributed by atoms with Crippen LogP contribution in [0, 0.1) is 5.82 Å². The molecule has 1 aliphatic heterocycles. The van der Waals surface area contributed by atoms with E-state index in [1.807, 2.05) is 0 Å². The molecule has 1 aliphatic rings. The molecule has 3 aromatic rings. The van der Waals surface area contributed by atoms with Crippen molar-refractivity contribution in [3.63, 3.8) is 0 Å². The summed E-state index contributed by atoms with van der Waals surface area (Å²) >= 11 is 0. The minimum atomic E-state index is -0.751. The number of nitrogens with one attached hydrogen (secondary N) is 2. The fourth-order valence-corrected chi connectivity index (χ4v) is 3.66. The molecule has 0 aliphatic carbocycles. The number of benzene rings is 3. The third kappa shape index (κ3) is 4.85. The Kier molecular flexibility index (Phi) is 6.77. The van der Waals surface area contributed by atoms with Crippen LogP contribution in [0.3, 0.4) is 0 Å². The Morgan fingerprint density at radius 1 is 0.941 bits per heavy atom. The number of carbonyl (C=O) groups is 2. The second kappa shape index (κ2) is 10.1. The molecule has 1 unspecified atom stereocenters. The van der Waals surface area contributed by atoms with Crippen LogP contribution < -0.4 is 20.1 Å². The largest absolute Gasteiger partial charge is 0.497 e. The third-order valence-corrected chi connectivity index (χ3v) is 5.42. The van der Waals surface area contributed by atoms with Gasteiger partial charge in [0.1, 0.15) is 23.9 Å². The first-order valence-corrected chi connectivity index (χ1v) is 10.5. The standard InChI is InChI=1S/C26H23FN2O5/c1-32-19-11-7-16(8-12-19)23-22(25(30)33-2)24(29-26(31)28-23)17-9-13-20(14-10-17)34-15-18-5-3-4-6-21(18)27/h3-14,24H,15H2,1-2H3,(H2,28,29,31). The molecule has 0 fully saturated rings. The second-order valence-corrected chi connectivity index (χ2v) is 7.49. The predicted octanol–water partition coefficient (Wildman–Crippen LogP) is 4.35. The zero-order valence-corrected chi connectivity index (χ0v) is 18.6. The van der Waals surface area contributed by atoms with E-state index in [0.717, 1.165) is 0 Å². The van der Waals surface area contributed by atoms with Crippen molar-refractivity contribution in [2.24, 2.45) is 0 Å². The van der Waals surface area contributed by atoms with E-state index in [-0.39, 0.29) is 18.0 Å². The van der Waals surface area contributed by atoms with Crippen molar-refractivity contribution in [1.82, 2.24) is 10.6 Å². The molecule has 1 atom stereocenters. The zero-order valence-electron chi connectivity index (χ0n) is 18.6. The first-order chi connectivity index (χ1) is 16.5. The molecular weight excluding hydrogens is 439 g/mol. The summed E-state index contributed by atoms with van der Waals surface area (Å²) in [6.07, 6.45) is 0. The molecule has 0 radical (unpaired) electrons. The number of esters is 1. The number of carbonyl (C=O) groups excluding carboxylic acids is 2. The lowest BCUT2D eigenvalue weighted by Gasteiger charge is -2.29. The van der Waals surface area contributed by atoms with E-state index >= 15 is 0 Å². The maximum absolute atomic E-state index is 13.8. The summed E-state index contributed by atoms with van der Waals surface area (Å²) in [5, 5.41) is 5.50. The molecule has 0 saturated heterocycles. The van der Waals surface area contributed by atoms with Gasteiger partial charge in [-0.2, -0.15) is 0 Å². The number of ether oxygens (including phenoxy) is 3. The minimum Gasteiger partial charge on any atom is -0.497 e. The van der Waals surface area contributed by atoms with Crippen molar-refractivity contribution in [3.8, 4) is 11.5 Å². The summed E-state index contributed by atoms with van der Waals surface area (Å²) in [4.78, 5) is 25.2. The van der Waals surface area contributed by atoms with Gasteiger partial charge in [-0.25, -0.2) is 14.0 Å². The van der Waals surface area contributed by atoms with E-state index < -0.39 is 18.0 Å². The summed E-state index contributed by atoms with van der Waals surface area (Å²) in [5.74, 6) is 0.247. The average molecular weight is 462 g/mol. The number of hydrogen-bond acceptors (Lipinski definition) is 5. The highest BCUT2D eigenvalue weighted by molar-refractivity contribution is 6.04. The molecular formula is C26H23FN2O5. The Morgan fingerprint density at radius 2 is 1.62 bits per heavy atom. The Labute approximate surface area is 196 Å². The Morgan fingerprint density at radius 3 is 2.26 bits per heavy atom. The second-order valence-electron chi connectivity index (χ2n) is 7.49. The lowest BCUT2D eigenvalue weighted by Crippen LogP contribution is -2.45. The highest BCUT2D eigenvalue weighted by Crippen LogP contribution is 2.33. The highest BCUT2D eigenvalue weighted by atomic mass is 19.1. The summed E-state index contributed by atoms with van der Waals surface area (Å²) < 4.78 is 29.7. The molecule has 0 spiro atoms. The van der Waals surface area contributed by atoms with Crippen molar-refractivity contribution in [2.75, 3.05) is 14.2 Å². The molecule has 1 heterocycles. The lowest BCUT2D eigenvalue weighted by atomic mass is 9.92. The lowest BCUT2D eigenvalue weighted by molar-refractivity contribution is -0.136. The molecule has 7 nitrogen and oxygen atoms in total. The predicted molar refractivity (Wildman–Crippen MR) is 124 cm³/mol. The molecule has 174 valence electrons. The van der Waals surface area contributed by atoms with Crippen molar-refractivity contribution in [2.45, 2.75) is 12.6 Å². The van der Waals surface area contributed by atoms with Crippen molar-refractivity contribution >= 4 is 17.7 Å². The van der Waals surface area contributed by atoms with Gasteiger partial charge in [-0.1, -0.05) is 30.3 Å². The zero-order chi connectivity index (χ0) is 24.1. The van der Waals surface area contributed by atoms with Gasteiger partial charge in [0.15, 0.2) is 0 Å². The number of amides is 2. The van der Waals surface area contributed by atoms with E-state index in [4.69, 9.17) is 14.2 Å². The number of halogens is 1. The Hall–Kier alpha value is -4.33. The van der Waals surface area contributed by atoms with E-state index in [2.05, 4.69) is 10.6 Å². The first kappa shape index (κ1) is 22.8. The van der Waals surface area contributed by atoms with Crippen molar-refractivity contribution in [1.29, 1.82) is 0 Å². The van der Waals surface area contributed by atoms with Crippen LogP contribution in [0.25, 0.3) is 5.70 Å². The molecule has 8 heteroatoms. The topological polar surface area (TPSA) is 85.9 Å². The van der Waals surface area contributed by atoms with Crippen LogP contribution in [0.4, 0.5) is 9.18 Å². The van der Waals surface area contributed by atoms with Gasteiger partial charge in [0, 0.05) is 5.56 Å². The average Bonchev–Trinajstić information content (AvgIpc) is 2.87. The molecule has 2 amide bonds. The Bertz CT molecular complexity index is 1220. The van der Waals surface area contributed by atoms with Crippen LogP contribution >= 0.6 is 0 Å². The van der Waals surface area contributed by atoms with Gasteiger partial charge in [0.25, 0.3) is 0 Å². The molecule has 3 aromatic carbocycles. The maximum Gasteiger partial charge on any atom is 0.338 e. The van der Waals surface area contributed by atoms with Crippen molar-refractivity contribution in [3.05, 3.63) is 101 Å². The number of rotatable bonds is 7. The number of urea groups is 1. The van der Waals surface area contributed by atoms with Crippen LogP contribution in [0.1, 0.15) is 22.7 Å². The van der Waals surface area contributed by atoms with Crippen LogP contribution in [-0.4, -0.2) is 26.2 Å². The van der Waals surface area contributed by atoms with Crippen LogP contribution in [0.2, 0.25) is 0 Å². The van der Waals surface area contributed by atoms with Gasteiger partial charge in [0.05, 0.1) is 31.5 Å². The molecule has 0 bridgehead atoms. The molecule has 34 heavy (non-hydrogen) atoms. The molecule has 4 rings (SSSR count). The fraction of sp³-hybridized carbons (Fsp3) is 0.154. The number of methoxy groups -OCH3 is 2. The van der Waals surface area contributed by atoms with Gasteiger partial charge in [-0.3, -0.25) is 0 Å². The van der Waals surface area contributed by atoms with Gasteiger partial charge in [0.2, 0.25) is 0 Å². The SMILES string of the molecule is COC(=O)C1=C(c2ccc(OC)cc2)NC(=O)NC1c1ccc(OCc2ccccc2F)cc1. The third-order valence-electron chi connectivity index (χ3n) is 5.42. The van der Waals surface area contributed by atoms with Crippen LogP contribution in [-0.2, 0) is 16.1 Å². The van der Waals surface area contributed by atoms with E-state index in [1.165, 1.54) is 13.2 Å². The van der Waals surface area contributed by atoms with Crippen LogP contribution in [0.15, 0.2) is 78.4 Å². The highest BCUT2D eigenvalue weighted by Gasteiger charge is 2.34. The fourth-order valence-electron chi connectivity index (χ4n) is 3.66. The van der Waals surface area contributed by atoms with Gasteiger partial charge < -0.3 is 24.8 Å². The minimum absolute atomic E-state index is 0.0744.